The van der Waals surface area contributed by atoms with E-state index in [0.29, 0.717) is 19.3 Å². The number of ether oxygens (including phenoxy) is 3. The van der Waals surface area contributed by atoms with Gasteiger partial charge in [-0.25, -0.2) is 0 Å². The Labute approximate surface area is 400 Å². The number of hydrogen-bond donors (Lipinski definition) is 0. The van der Waals surface area contributed by atoms with Gasteiger partial charge in [0.25, 0.3) is 0 Å². The van der Waals surface area contributed by atoms with Gasteiger partial charge in [-0.2, -0.15) is 0 Å². The summed E-state index contributed by atoms with van der Waals surface area (Å²) in [5, 5.41) is 0. The topological polar surface area (TPSA) is 78.9 Å². The lowest BCUT2D eigenvalue weighted by atomic mass is 10.1. The Balaban J connectivity index is 4.51. The minimum atomic E-state index is -0.813. The molecule has 0 N–H and O–H groups in total. The third-order valence-corrected chi connectivity index (χ3v) is 11.0. The molecule has 0 spiro atoms. The highest BCUT2D eigenvalue weighted by Crippen LogP contribution is 2.13. The monoisotopic (exact) mass is 903 g/mol. The second-order valence-corrected chi connectivity index (χ2v) is 17.4. The normalized spacial score (nSPS) is 12.8. The van der Waals surface area contributed by atoms with Crippen LogP contribution in [0.25, 0.3) is 0 Å². The van der Waals surface area contributed by atoms with Gasteiger partial charge in [0.2, 0.25) is 0 Å². The second-order valence-electron chi connectivity index (χ2n) is 17.4. The maximum Gasteiger partial charge on any atom is 0.306 e. The molecule has 6 nitrogen and oxygen atoms in total. The molecule has 65 heavy (non-hydrogen) atoms. The average Bonchev–Trinajstić information content (AvgIpc) is 3.30. The quantitative estimate of drug-likeness (QED) is 0.0262. The van der Waals surface area contributed by atoms with Crippen molar-refractivity contribution in [3.63, 3.8) is 0 Å². The predicted molar refractivity (Wildman–Crippen MR) is 279 cm³/mol. The molecule has 370 valence electrons. The van der Waals surface area contributed by atoms with E-state index in [-0.39, 0.29) is 37.5 Å². The molecule has 0 aromatic carbocycles. The Hall–Kier alpha value is -3.67. The van der Waals surface area contributed by atoms with Gasteiger partial charge in [0.15, 0.2) is 6.10 Å². The molecule has 0 amide bonds. The highest BCUT2D eigenvalue weighted by atomic mass is 16.6. The summed E-state index contributed by atoms with van der Waals surface area (Å²) in [7, 11) is 0. The molecule has 0 saturated carbocycles. The van der Waals surface area contributed by atoms with Gasteiger partial charge in [0.1, 0.15) is 13.2 Å². The van der Waals surface area contributed by atoms with Crippen LogP contribution in [0.2, 0.25) is 0 Å². The molecular weight excluding hydrogens is 805 g/mol. The van der Waals surface area contributed by atoms with E-state index in [1.54, 1.807) is 0 Å². The van der Waals surface area contributed by atoms with Gasteiger partial charge in [-0.3, -0.25) is 14.4 Å². The summed E-state index contributed by atoms with van der Waals surface area (Å²) in [5.41, 5.74) is 0. The van der Waals surface area contributed by atoms with E-state index in [1.807, 2.05) is 0 Å². The molecule has 0 aliphatic rings. The van der Waals surface area contributed by atoms with Crippen LogP contribution in [0.4, 0.5) is 0 Å². The van der Waals surface area contributed by atoms with Gasteiger partial charge in [0.05, 0.1) is 0 Å². The lowest BCUT2D eigenvalue weighted by Gasteiger charge is -2.18. The number of allylic oxidation sites excluding steroid dienone is 16. The summed E-state index contributed by atoms with van der Waals surface area (Å²) < 4.78 is 16.8. The molecule has 0 bridgehead atoms. The van der Waals surface area contributed by atoms with Crippen LogP contribution in [0.1, 0.15) is 239 Å². The van der Waals surface area contributed by atoms with Gasteiger partial charge < -0.3 is 14.2 Å². The Morgan fingerprint density at radius 3 is 1.02 bits per heavy atom. The minimum Gasteiger partial charge on any atom is -0.462 e. The zero-order valence-electron chi connectivity index (χ0n) is 42.2. The van der Waals surface area contributed by atoms with Crippen LogP contribution < -0.4 is 0 Å². The molecule has 0 heterocycles. The molecular formula is C59H98O6. The van der Waals surface area contributed by atoms with E-state index in [9.17, 15) is 14.4 Å². The first-order valence-electron chi connectivity index (χ1n) is 26.7. The number of carbonyl (C=O) groups excluding carboxylic acids is 3. The summed E-state index contributed by atoms with van der Waals surface area (Å²) >= 11 is 0. The molecule has 0 unspecified atom stereocenters. The van der Waals surface area contributed by atoms with Crippen LogP contribution in [0.3, 0.4) is 0 Å². The van der Waals surface area contributed by atoms with Crippen molar-refractivity contribution in [3.8, 4) is 0 Å². The van der Waals surface area contributed by atoms with Crippen LogP contribution >= 0.6 is 0 Å². The molecule has 6 heteroatoms. The highest BCUT2D eigenvalue weighted by molar-refractivity contribution is 5.71. The number of hydrogen-bond acceptors (Lipinski definition) is 6. The molecule has 0 aliphatic heterocycles. The van der Waals surface area contributed by atoms with Crippen molar-refractivity contribution in [2.45, 2.75) is 245 Å². The standard InChI is InChI=1S/C59H98O6/c1-4-7-10-13-16-19-22-25-28-29-32-34-37-40-43-46-49-52-58(61)64-55-56(65-59(62)53-50-47-44-41-38-35-31-27-24-21-18-15-12-9-6-3)54-63-57(60)51-48-45-42-39-36-33-30-26-23-20-17-14-11-8-5-2/h9,12,16,18-19,21,25-28,30-32,34,38,41,56H,4-8,10-11,13-15,17,20,22-24,29,33,35-37,39-40,42-55H2,1-3H3/b12-9-,19-16-,21-18-,28-25-,30-26-,31-27-,34-32-,41-38-/t56-/m0/s1. The fourth-order valence-electron chi connectivity index (χ4n) is 7.02. The van der Waals surface area contributed by atoms with E-state index in [0.717, 1.165) is 116 Å². The Kier molecular flexibility index (Phi) is 50.0. The summed E-state index contributed by atoms with van der Waals surface area (Å²) in [4.78, 5) is 38.0. The van der Waals surface area contributed by atoms with E-state index in [4.69, 9.17) is 14.2 Å². The van der Waals surface area contributed by atoms with Crippen LogP contribution in [0, 0.1) is 0 Å². The summed E-state index contributed by atoms with van der Waals surface area (Å²) in [6.07, 6.45) is 69.6. The maximum absolute atomic E-state index is 12.8. The Morgan fingerprint density at radius 1 is 0.323 bits per heavy atom. The van der Waals surface area contributed by atoms with Crippen LogP contribution in [-0.2, 0) is 28.6 Å². The molecule has 0 aliphatic carbocycles. The van der Waals surface area contributed by atoms with Crippen LogP contribution in [-0.4, -0.2) is 37.2 Å². The average molecular weight is 903 g/mol. The molecule has 0 rings (SSSR count). The number of carbonyl (C=O) groups is 3. The second kappa shape index (κ2) is 52.9. The largest absolute Gasteiger partial charge is 0.462 e. The number of esters is 3. The summed E-state index contributed by atoms with van der Waals surface area (Å²) in [6, 6.07) is 0. The van der Waals surface area contributed by atoms with Crippen molar-refractivity contribution in [1.82, 2.24) is 0 Å². The minimum absolute atomic E-state index is 0.107. The molecule has 0 saturated heterocycles. The Morgan fingerprint density at radius 2 is 0.600 bits per heavy atom. The Bertz CT molecular complexity index is 1310. The number of unbranched alkanes of at least 4 members (excludes halogenated alkanes) is 20. The van der Waals surface area contributed by atoms with Gasteiger partial charge >= 0.3 is 17.9 Å². The van der Waals surface area contributed by atoms with Crippen molar-refractivity contribution < 1.29 is 28.6 Å². The third-order valence-electron chi connectivity index (χ3n) is 11.0. The predicted octanol–water partition coefficient (Wildman–Crippen LogP) is 17.8. The molecule has 0 fully saturated rings. The van der Waals surface area contributed by atoms with Crippen LogP contribution in [0.15, 0.2) is 97.2 Å². The van der Waals surface area contributed by atoms with Crippen molar-refractivity contribution in [1.29, 1.82) is 0 Å². The lowest BCUT2D eigenvalue weighted by molar-refractivity contribution is -0.167. The summed E-state index contributed by atoms with van der Waals surface area (Å²) in [5.74, 6) is -0.980. The molecule has 0 radical (unpaired) electrons. The highest BCUT2D eigenvalue weighted by Gasteiger charge is 2.19. The van der Waals surface area contributed by atoms with Crippen molar-refractivity contribution >= 4 is 17.9 Å². The van der Waals surface area contributed by atoms with Crippen LogP contribution in [0.5, 0.6) is 0 Å². The lowest BCUT2D eigenvalue weighted by Crippen LogP contribution is -2.30. The molecule has 0 aromatic heterocycles. The first-order valence-corrected chi connectivity index (χ1v) is 26.7. The fourth-order valence-corrected chi connectivity index (χ4v) is 7.02. The first kappa shape index (κ1) is 61.3. The van der Waals surface area contributed by atoms with Gasteiger partial charge in [0, 0.05) is 19.3 Å². The van der Waals surface area contributed by atoms with Gasteiger partial charge in [-0.15, -0.1) is 0 Å². The van der Waals surface area contributed by atoms with Gasteiger partial charge in [-0.1, -0.05) is 195 Å². The zero-order chi connectivity index (χ0) is 47.2. The first-order chi connectivity index (χ1) is 32.0. The third kappa shape index (κ3) is 51.2. The van der Waals surface area contributed by atoms with E-state index in [1.165, 1.54) is 77.0 Å². The van der Waals surface area contributed by atoms with E-state index >= 15 is 0 Å². The fraction of sp³-hybridized carbons (Fsp3) is 0.678. The van der Waals surface area contributed by atoms with E-state index in [2.05, 4.69) is 118 Å². The SMILES string of the molecule is CC/C=C\C/C=C\C/C=C\C/C=C\CCCCC(=O)O[C@H](COC(=O)CCCCCC/C=C\C/C=C\C/C=C\CCCCC)COC(=O)CCCCCCC/C=C\CCCCCCCC. The zero-order valence-corrected chi connectivity index (χ0v) is 42.2. The van der Waals surface area contributed by atoms with Crippen molar-refractivity contribution in [3.05, 3.63) is 97.2 Å². The van der Waals surface area contributed by atoms with Crippen molar-refractivity contribution in [2.24, 2.45) is 0 Å². The smallest absolute Gasteiger partial charge is 0.306 e. The molecule has 0 aromatic rings. The number of rotatable bonds is 47. The summed E-state index contributed by atoms with van der Waals surface area (Å²) in [6.45, 7) is 6.42. The van der Waals surface area contributed by atoms with Gasteiger partial charge in [-0.05, 0) is 122 Å². The maximum atomic E-state index is 12.8. The molecule has 1 atom stereocenters. The van der Waals surface area contributed by atoms with E-state index < -0.39 is 6.10 Å². The van der Waals surface area contributed by atoms with Crippen molar-refractivity contribution in [2.75, 3.05) is 13.2 Å².